The zero-order chi connectivity index (χ0) is 20.7. The minimum Gasteiger partial charge on any atom is -0.496 e. The van der Waals surface area contributed by atoms with Gasteiger partial charge in [-0.3, -0.25) is 4.79 Å². The van der Waals surface area contributed by atoms with Gasteiger partial charge in [0.1, 0.15) is 10.4 Å². The maximum absolute atomic E-state index is 12.3. The van der Waals surface area contributed by atoms with E-state index in [4.69, 9.17) is 4.74 Å². The van der Waals surface area contributed by atoms with Crippen molar-refractivity contribution >= 4 is 32.3 Å². The summed E-state index contributed by atoms with van der Waals surface area (Å²) in [6.45, 7) is 6.15. The molecule has 0 aliphatic rings. The van der Waals surface area contributed by atoms with Gasteiger partial charge in [-0.05, 0) is 48.2 Å². The fourth-order valence-electron chi connectivity index (χ4n) is 3.19. The van der Waals surface area contributed by atoms with Crippen molar-refractivity contribution in [1.29, 1.82) is 0 Å². The molecule has 2 aromatic carbocycles. The van der Waals surface area contributed by atoms with Gasteiger partial charge in [0.15, 0.2) is 0 Å². The van der Waals surface area contributed by atoms with Crippen LogP contribution in [0.4, 0.5) is 0 Å². The molecule has 4 rings (SSSR count). The van der Waals surface area contributed by atoms with Crippen molar-refractivity contribution in [1.82, 2.24) is 4.98 Å². The molecule has 0 atom stereocenters. The van der Waals surface area contributed by atoms with Crippen LogP contribution in [-0.2, 0) is 6.42 Å². The average Bonchev–Trinajstić information content (AvgIpc) is 3.27. The van der Waals surface area contributed by atoms with Gasteiger partial charge in [-0.25, -0.2) is 0 Å². The molecule has 0 saturated heterocycles. The van der Waals surface area contributed by atoms with Crippen LogP contribution in [0.1, 0.15) is 26.3 Å². The molecule has 4 aromatic rings. The Kier molecular flexibility index (Phi) is 7.79. The largest absolute Gasteiger partial charge is 0.496 e. The number of methoxy groups -OCH3 is 1. The molecule has 5 heteroatoms. The Morgan fingerprint density at radius 2 is 1.71 bits per heavy atom. The summed E-state index contributed by atoms with van der Waals surface area (Å²) in [7, 11) is 3.18. The number of nitrogens with two attached hydrogens (primary N) is 1. The summed E-state index contributed by atoms with van der Waals surface area (Å²) in [4.78, 5) is 15.3. The van der Waals surface area contributed by atoms with Crippen molar-refractivity contribution in [3.8, 4) is 16.9 Å². The first-order valence-electron chi connectivity index (χ1n) is 9.50. The lowest BCUT2D eigenvalue weighted by Crippen LogP contribution is -2.05. The van der Waals surface area contributed by atoms with Crippen molar-refractivity contribution in [3.63, 3.8) is 0 Å². The van der Waals surface area contributed by atoms with Crippen LogP contribution in [0.25, 0.3) is 32.1 Å². The first-order valence-corrected chi connectivity index (χ1v) is 10.4. The quantitative estimate of drug-likeness (QED) is 0.475. The van der Waals surface area contributed by atoms with Crippen LogP contribution in [0.2, 0.25) is 0 Å². The monoisotopic (exact) mass is 396 g/mol. The topological polar surface area (TPSA) is 68.1 Å². The molecule has 28 heavy (non-hydrogen) atoms. The van der Waals surface area contributed by atoms with Gasteiger partial charge >= 0.3 is 0 Å². The van der Waals surface area contributed by atoms with E-state index < -0.39 is 0 Å². The number of fused-ring (bicyclic) bond motifs is 3. The molecule has 0 fully saturated rings. The number of benzene rings is 2. The maximum Gasteiger partial charge on any atom is 0.266 e. The first kappa shape index (κ1) is 21.7. The number of pyridine rings is 1. The van der Waals surface area contributed by atoms with Crippen molar-refractivity contribution in [2.45, 2.75) is 27.2 Å². The minimum absolute atomic E-state index is 0.0371. The number of nitrogens with one attached hydrogen (secondary N) is 1. The smallest absolute Gasteiger partial charge is 0.266 e. The molecule has 0 saturated carbocycles. The number of hydrogen-bond donors (Lipinski definition) is 2. The van der Waals surface area contributed by atoms with Gasteiger partial charge < -0.3 is 15.5 Å². The number of rotatable bonds is 3. The Labute approximate surface area is 170 Å². The van der Waals surface area contributed by atoms with E-state index in [1.54, 1.807) is 7.11 Å². The Hall–Kier alpha value is -2.63. The second-order valence-electron chi connectivity index (χ2n) is 5.73. The molecule has 0 amide bonds. The van der Waals surface area contributed by atoms with E-state index in [1.165, 1.54) is 23.9 Å². The summed E-state index contributed by atoms with van der Waals surface area (Å²) in [6, 6.07) is 14.4. The molecule has 2 aromatic heterocycles. The van der Waals surface area contributed by atoms with Gasteiger partial charge in [-0.1, -0.05) is 45.0 Å². The molecule has 0 radical (unpaired) electrons. The highest BCUT2D eigenvalue weighted by Crippen LogP contribution is 2.40. The van der Waals surface area contributed by atoms with E-state index >= 15 is 0 Å². The third-order valence-corrected chi connectivity index (χ3v) is 5.34. The molecule has 3 N–H and O–H groups in total. The van der Waals surface area contributed by atoms with Crippen LogP contribution >= 0.6 is 11.3 Å². The van der Waals surface area contributed by atoms with Gasteiger partial charge in [0.05, 0.1) is 7.11 Å². The van der Waals surface area contributed by atoms with Gasteiger partial charge in [-0.2, -0.15) is 0 Å². The average molecular weight is 397 g/mol. The number of thiophene rings is 1. The number of aromatic nitrogens is 1. The standard InChI is InChI=1S/C20H17NO2S.C2H6.CH5N/c1-3-12-4-6-13(7-5-12)17-16(23-2)9-8-15-18(17)14-10-11-24-19(14)20(22)21-15;2*1-2/h4-11H,3H2,1-2H3,(H,21,22);1-2H3;2H2,1H3. The number of ether oxygens (including phenoxy) is 1. The zero-order valence-corrected chi connectivity index (χ0v) is 17.9. The minimum atomic E-state index is -0.0371. The summed E-state index contributed by atoms with van der Waals surface area (Å²) in [5.41, 5.74) is 8.71. The Morgan fingerprint density at radius 3 is 2.32 bits per heavy atom. The van der Waals surface area contributed by atoms with E-state index in [0.717, 1.165) is 44.3 Å². The van der Waals surface area contributed by atoms with Crippen molar-refractivity contribution < 1.29 is 4.74 Å². The Balaban J connectivity index is 0.000000660. The molecular formula is C23H28N2O2S. The third kappa shape index (κ3) is 3.96. The van der Waals surface area contributed by atoms with Crippen molar-refractivity contribution in [3.05, 3.63) is 63.8 Å². The van der Waals surface area contributed by atoms with Crippen LogP contribution in [0, 0.1) is 0 Å². The van der Waals surface area contributed by atoms with Gasteiger partial charge in [0.2, 0.25) is 0 Å². The van der Waals surface area contributed by atoms with Crippen LogP contribution in [0.3, 0.4) is 0 Å². The summed E-state index contributed by atoms with van der Waals surface area (Å²) in [5, 5.41) is 3.98. The van der Waals surface area contributed by atoms with Crippen LogP contribution in [0.5, 0.6) is 5.75 Å². The summed E-state index contributed by atoms with van der Waals surface area (Å²) < 4.78 is 6.38. The molecule has 0 spiro atoms. The van der Waals surface area contributed by atoms with E-state index in [1.807, 2.05) is 37.4 Å². The molecule has 2 heterocycles. The van der Waals surface area contributed by atoms with Crippen LogP contribution in [0.15, 0.2) is 52.6 Å². The van der Waals surface area contributed by atoms with Crippen LogP contribution in [-0.4, -0.2) is 19.1 Å². The van der Waals surface area contributed by atoms with E-state index in [2.05, 4.69) is 41.9 Å². The molecular weight excluding hydrogens is 368 g/mol. The SMILES string of the molecule is CC.CCc1ccc(-c2c(OC)ccc3[nH]c(=O)c4sccc4c23)cc1.CN. The number of H-pyrrole nitrogens is 1. The van der Waals surface area contributed by atoms with E-state index in [0.29, 0.717) is 0 Å². The zero-order valence-electron chi connectivity index (χ0n) is 17.1. The first-order chi connectivity index (χ1) is 13.7. The lowest BCUT2D eigenvalue weighted by atomic mass is 9.96. The van der Waals surface area contributed by atoms with Gasteiger partial charge in [0.25, 0.3) is 5.56 Å². The summed E-state index contributed by atoms with van der Waals surface area (Å²) in [6.07, 6.45) is 1.01. The maximum atomic E-state index is 12.3. The predicted molar refractivity (Wildman–Crippen MR) is 123 cm³/mol. The Morgan fingerprint density at radius 1 is 1.04 bits per heavy atom. The molecule has 148 valence electrons. The number of aryl methyl sites for hydroxylation is 1. The highest BCUT2D eigenvalue weighted by Gasteiger charge is 2.16. The van der Waals surface area contributed by atoms with Crippen molar-refractivity contribution in [2.75, 3.05) is 14.2 Å². The molecule has 0 unspecified atom stereocenters. The second-order valence-corrected chi connectivity index (χ2v) is 6.65. The Bertz CT molecular complexity index is 1100. The number of hydrogen-bond acceptors (Lipinski definition) is 4. The molecule has 0 aliphatic carbocycles. The van der Waals surface area contributed by atoms with Crippen molar-refractivity contribution in [2.24, 2.45) is 5.73 Å². The van der Waals surface area contributed by atoms with Gasteiger partial charge in [-0.15, -0.1) is 11.3 Å². The van der Waals surface area contributed by atoms with Crippen LogP contribution < -0.4 is 16.0 Å². The lowest BCUT2D eigenvalue weighted by Gasteiger charge is -2.13. The molecule has 4 nitrogen and oxygen atoms in total. The second kappa shape index (κ2) is 10.1. The fourth-order valence-corrected chi connectivity index (χ4v) is 3.99. The fraction of sp³-hybridized carbons (Fsp3) is 0.261. The molecule has 0 aliphatic heterocycles. The van der Waals surface area contributed by atoms with Gasteiger partial charge in [0, 0.05) is 21.9 Å². The lowest BCUT2D eigenvalue weighted by molar-refractivity contribution is 0.417. The highest BCUT2D eigenvalue weighted by atomic mass is 32.1. The third-order valence-electron chi connectivity index (χ3n) is 4.43. The predicted octanol–water partition coefficient (Wildman–Crippen LogP) is 5.58. The summed E-state index contributed by atoms with van der Waals surface area (Å²) >= 11 is 1.47. The summed E-state index contributed by atoms with van der Waals surface area (Å²) in [5.74, 6) is 0.811. The normalized spacial score (nSPS) is 10.1. The number of aromatic amines is 1. The van der Waals surface area contributed by atoms with E-state index in [9.17, 15) is 4.79 Å². The highest BCUT2D eigenvalue weighted by molar-refractivity contribution is 7.17. The molecule has 0 bridgehead atoms. The van der Waals surface area contributed by atoms with E-state index in [-0.39, 0.29) is 5.56 Å².